The lowest BCUT2D eigenvalue weighted by molar-refractivity contribution is -0.123. The third-order valence-electron chi connectivity index (χ3n) is 7.37. The molecule has 2 fully saturated rings. The van der Waals surface area contributed by atoms with Crippen LogP contribution in [0.2, 0.25) is 0 Å². The minimum Gasteiger partial charge on any atom is -0.444 e. The first-order valence-electron chi connectivity index (χ1n) is 13.9. The van der Waals surface area contributed by atoms with Crippen LogP contribution in [0.5, 0.6) is 0 Å². The lowest BCUT2D eigenvalue weighted by Crippen LogP contribution is -2.50. The van der Waals surface area contributed by atoms with Crippen molar-refractivity contribution in [3.63, 3.8) is 0 Å². The summed E-state index contributed by atoms with van der Waals surface area (Å²) < 4.78 is 15.8. The summed E-state index contributed by atoms with van der Waals surface area (Å²) in [5, 5.41) is 0. The fourth-order valence-corrected chi connectivity index (χ4v) is 5.29. The fraction of sp³-hybridized carbons (Fsp3) is 0.533. The van der Waals surface area contributed by atoms with Crippen molar-refractivity contribution in [3.8, 4) is 11.1 Å². The molecule has 4 rings (SSSR count). The Hall–Kier alpha value is -3.66. The van der Waals surface area contributed by atoms with Gasteiger partial charge in [0.2, 0.25) is 0 Å². The first kappa shape index (κ1) is 29.3. The summed E-state index contributed by atoms with van der Waals surface area (Å²) in [6.07, 6.45) is 3.31. The highest BCUT2D eigenvalue weighted by atomic mass is 16.6. The maximum absolute atomic E-state index is 12.7. The topological polar surface area (TPSA) is 102 Å². The molecule has 0 atom stereocenters. The normalized spacial score (nSPS) is 16.4. The van der Waals surface area contributed by atoms with E-state index in [0.29, 0.717) is 51.0 Å². The Balaban J connectivity index is 1.56. The van der Waals surface area contributed by atoms with Crippen LogP contribution in [0.4, 0.5) is 16.3 Å². The van der Waals surface area contributed by atoms with Crippen LogP contribution >= 0.6 is 0 Å². The zero-order chi connectivity index (χ0) is 28.9. The molecule has 0 saturated carbocycles. The maximum Gasteiger partial charge on any atom is 0.410 e. The molecule has 2 aliphatic rings. The second-order valence-corrected chi connectivity index (χ2v) is 11.2. The molecule has 0 aliphatic carbocycles. The zero-order valence-electron chi connectivity index (χ0n) is 24.1. The van der Waals surface area contributed by atoms with E-state index in [1.54, 1.807) is 17.2 Å². The second-order valence-electron chi connectivity index (χ2n) is 11.2. The third-order valence-corrected chi connectivity index (χ3v) is 7.37. The highest BCUT2D eigenvalue weighted by Crippen LogP contribution is 2.34. The van der Waals surface area contributed by atoms with E-state index in [1.807, 2.05) is 39.8 Å². The van der Waals surface area contributed by atoms with Gasteiger partial charge in [0.25, 0.3) is 0 Å². The number of hydrogen-bond acceptors (Lipinski definition) is 9. The molecule has 0 bridgehead atoms. The standard InChI is InChI=1S/C30H40N4O6/c1-6-34(24-9-15-38-16-10-24)26-18-23(17-25(21(26)2)28(36)39-20-35)22-7-8-27(31-19-22)32-11-13-33(14-12-32)29(37)40-30(3,4)5/h7-8,17-20,24H,6,9-16H2,1-5H3. The van der Waals surface area contributed by atoms with E-state index < -0.39 is 11.6 Å². The number of anilines is 2. The number of carbonyl (C=O) groups is 3. The number of ether oxygens (including phenoxy) is 3. The molecule has 10 nitrogen and oxygen atoms in total. The van der Waals surface area contributed by atoms with Crippen molar-refractivity contribution in [2.75, 3.05) is 55.7 Å². The monoisotopic (exact) mass is 552 g/mol. The van der Waals surface area contributed by atoms with Gasteiger partial charge in [0.1, 0.15) is 11.4 Å². The van der Waals surface area contributed by atoms with Gasteiger partial charge < -0.3 is 28.9 Å². The number of aromatic nitrogens is 1. The van der Waals surface area contributed by atoms with Crippen molar-refractivity contribution in [2.24, 2.45) is 0 Å². The van der Waals surface area contributed by atoms with E-state index >= 15 is 0 Å². The lowest BCUT2D eigenvalue weighted by atomic mass is 9.96. The summed E-state index contributed by atoms with van der Waals surface area (Å²) in [5.41, 5.74) is 3.21. The number of nitrogens with zero attached hydrogens (tertiary/aromatic N) is 4. The molecule has 40 heavy (non-hydrogen) atoms. The van der Waals surface area contributed by atoms with Gasteiger partial charge in [0.05, 0.1) is 5.56 Å². The third kappa shape index (κ3) is 6.91. The smallest absolute Gasteiger partial charge is 0.410 e. The summed E-state index contributed by atoms with van der Waals surface area (Å²) in [4.78, 5) is 47.0. The van der Waals surface area contributed by atoms with Crippen LogP contribution in [0.1, 0.15) is 56.5 Å². The van der Waals surface area contributed by atoms with Crippen molar-refractivity contribution in [2.45, 2.75) is 59.1 Å². The van der Waals surface area contributed by atoms with E-state index in [0.717, 1.165) is 47.6 Å². The molecule has 2 aromatic rings. The van der Waals surface area contributed by atoms with E-state index in [2.05, 4.69) is 22.8 Å². The van der Waals surface area contributed by atoms with Gasteiger partial charge >= 0.3 is 18.5 Å². The molecule has 0 spiro atoms. The number of amides is 1. The number of benzene rings is 1. The Morgan fingerprint density at radius 3 is 2.38 bits per heavy atom. The van der Waals surface area contributed by atoms with Crippen molar-refractivity contribution < 1.29 is 28.6 Å². The Bertz CT molecular complexity index is 1200. The van der Waals surface area contributed by atoms with Crippen molar-refractivity contribution in [1.82, 2.24) is 9.88 Å². The van der Waals surface area contributed by atoms with Crippen LogP contribution in [0, 0.1) is 6.92 Å². The molecule has 0 N–H and O–H groups in total. The molecular formula is C30H40N4O6. The van der Waals surface area contributed by atoms with E-state index in [-0.39, 0.29) is 12.6 Å². The van der Waals surface area contributed by atoms with Gasteiger partial charge in [0, 0.05) is 69.4 Å². The van der Waals surface area contributed by atoms with E-state index in [1.165, 1.54) is 0 Å². The van der Waals surface area contributed by atoms with Crippen LogP contribution in [-0.4, -0.2) is 86.0 Å². The number of pyridine rings is 1. The fourth-order valence-electron chi connectivity index (χ4n) is 5.29. The largest absolute Gasteiger partial charge is 0.444 e. The Morgan fingerprint density at radius 2 is 1.80 bits per heavy atom. The SMILES string of the molecule is CCN(c1cc(-c2ccc(N3CCN(C(=O)OC(C)(C)C)CC3)nc2)cc(C(=O)OC=O)c1C)C1CCOCC1. The predicted octanol–water partition coefficient (Wildman–Crippen LogP) is 4.43. The maximum atomic E-state index is 12.7. The molecular weight excluding hydrogens is 512 g/mol. The summed E-state index contributed by atoms with van der Waals surface area (Å²) >= 11 is 0. The molecule has 2 aliphatic heterocycles. The van der Waals surface area contributed by atoms with Crippen LogP contribution < -0.4 is 9.80 Å². The molecule has 10 heteroatoms. The van der Waals surface area contributed by atoms with Crippen LogP contribution in [0.3, 0.4) is 0 Å². The van der Waals surface area contributed by atoms with Crippen LogP contribution in [0.25, 0.3) is 11.1 Å². The number of hydrogen-bond donors (Lipinski definition) is 0. The molecule has 0 radical (unpaired) electrons. The minimum absolute atomic E-state index is 0.170. The van der Waals surface area contributed by atoms with Gasteiger partial charge in [-0.3, -0.25) is 4.79 Å². The average Bonchev–Trinajstić information content (AvgIpc) is 2.94. The van der Waals surface area contributed by atoms with Gasteiger partial charge in [0.15, 0.2) is 0 Å². The average molecular weight is 553 g/mol. The Kier molecular flexibility index (Phi) is 9.29. The number of esters is 1. The van der Waals surface area contributed by atoms with Gasteiger partial charge in [-0.05, 0) is 82.9 Å². The highest BCUT2D eigenvalue weighted by Gasteiger charge is 2.27. The first-order valence-corrected chi connectivity index (χ1v) is 13.9. The van der Waals surface area contributed by atoms with Gasteiger partial charge in [-0.2, -0.15) is 0 Å². The van der Waals surface area contributed by atoms with Crippen molar-refractivity contribution in [3.05, 3.63) is 41.6 Å². The summed E-state index contributed by atoms with van der Waals surface area (Å²) in [6.45, 7) is 14.3. The molecule has 3 heterocycles. The summed E-state index contributed by atoms with van der Waals surface area (Å²) in [6, 6.07) is 8.08. The van der Waals surface area contributed by atoms with Crippen molar-refractivity contribution in [1.29, 1.82) is 0 Å². The molecule has 1 aromatic heterocycles. The molecule has 0 unspecified atom stereocenters. The minimum atomic E-state index is -0.675. The summed E-state index contributed by atoms with van der Waals surface area (Å²) in [7, 11) is 0. The Morgan fingerprint density at radius 1 is 1.10 bits per heavy atom. The number of piperazine rings is 1. The number of carbonyl (C=O) groups excluding carboxylic acids is 3. The lowest BCUT2D eigenvalue weighted by Gasteiger charge is -2.37. The van der Waals surface area contributed by atoms with E-state index in [9.17, 15) is 14.4 Å². The van der Waals surface area contributed by atoms with Crippen LogP contribution in [-0.2, 0) is 19.0 Å². The number of rotatable bonds is 7. The molecule has 2 saturated heterocycles. The van der Waals surface area contributed by atoms with Gasteiger partial charge in [-0.1, -0.05) is 0 Å². The quantitative estimate of drug-likeness (QED) is 0.280. The highest BCUT2D eigenvalue weighted by molar-refractivity contribution is 5.97. The Labute approximate surface area is 236 Å². The zero-order valence-corrected chi connectivity index (χ0v) is 24.1. The van der Waals surface area contributed by atoms with Crippen molar-refractivity contribution >= 4 is 30.0 Å². The van der Waals surface area contributed by atoms with Crippen LogP contribution in [0.15, 0.2) is 30.5 Å². The van der Waals surface area contributed by atoms with Gasteiger partial charge in [-0.15, -0.1) is 0 Å². The first-order chi connectivity index (χ1) is 19.1. The second kappa shape index (κ2) is 12.7. The molecule has 1 amide bonds. The predicted molar refractivity (Wildman–Crippen MR) is 153 cm³/mol. The summed E-state index contributed by atoms with van der Waals surface area (Å²) in [5.74, 6) is 0.143. The van der Waals surface area contributed by atoms with E-state index in [4.69, 9.17) is 19.2 Å². The molecule has 216 valence electrons. The van der Waals surface area contributed by atoms with Gasteiger partial charge in [-0.25, -0.2) is 14.6 Å². The molecule has 1 aromatic carbocycles.